The van der Waals surface area contributed by atoms with Gasteiger partial charge in [-0.25, -0.2) is 0 Å². The van der Waals surface area contributed by atoms with Gasteiger partial charge in [-0.15, -0.1) is 0 Å². The fourth-order valence-electron chi connectivity index (χ4n) is 2.41. The van der Waals surface area contributed by atoms with Crippen LogP contribution in [0.1, 0.15) is 6.42 Å². The van der Waals surface area contributed by atoms with Gasteiger partial charge >= 0.3 is 0 Å². The summed E-state index contributed by atoms with van der Waals surface area (Å²) < 4.78 is 0. The van der Waals surface area contributed by atoms with Crippen molar-refractivity contribution in [3.63, 3.8) is 0 Å². The van der Waals surface area contributed by atoms with E-state index in [0.717, 1.165) is 17.1 Å². The Balaban J connectivity index is 1.91. The van der Waals surface area contributed by atoms with Crippen molar-refractivity contribution in [2.75, 3.05) is 16.8 Å². The van der Waals surface area contributed by atoms with Crippen LogP contribution in [0, 0.1) is 0 Å². The molecule has 1 atom stereocenters. The monoisotopic (exact) mass is 268 g/mol. The minimum absolute atomic E-state index is 0.0418. The van der Waals surface area contributed by atoms with Crippen molar-refractivity contribution in [1.29, 1.82) is 0 Å². The van der Waals surface area contributed by atoms with Gasteiger partial charge in [-0.2, -0.15) is 0 Å². The molecule has 0 radical (unpaired) electrons. The van der Waals surface area contributed by atoms with Gasteiger partial charge in [-0.3, -0.25) is 4.79 Å². The SMILES string of the molecule is O=C1CC(O)CN1c1ccccc1Nc1ccccc1. The Bertz CT molecular complexity index is 613. The summed E-state index contributed by atoms with van der Waals surface area (Å²) in [6, 6.07) is 17.4. The summed E-state index contributed by atoms with van der Waals surface area (Å²) in [4.78, 5) is 13.6. The highest BCUT2D eigenvalue weighted by Gasteiger charge is 2.30. The predicted molar refractivity (Wildman–Crippen MR) is 79.1 cm³/mol. The molecule has 4 nitrogen and oxygen atoms in total. The second-order valence-corrected chi connectivity index (χ2v) is 4.87. The summed E-state index contributed by atoms with van der Waals surface area (Å²) in [6.07, 6.45) is -0.382. The normalized spacial score (nSPS) is 18.4. The van der Waals surface area contributed by atoms with E-state index in [0.29, 0.717) is 6.54 Å². The maximum Gasteiger partial charge on any atom is 0.229 e. The molecule has 0 spiro atoms. The molecule has 102 valence electrons. The van der Waals surface area contributed by atoms with Gasteiger partial charge in [0, 0.05) is 5.69 Å². The number of nitrogens with one attached hydrogen (secondary N) is 1. The number of hydrogen-bond acceptors (Lipinski definition) is 3. The third-order valence-electron chi connectivity index (χ3n) is 3.35. The average Bonchev–Trinajstić information content (AvgIpc) is 2.79. The third-order valence-corrected chi connectivity index (χ3v) is 3.35. The van der Waals surface area contributed by atoms with E-state index in [1.807, 2.05) is 54.6 Å². The van der Waals surface area contributed by atoms with Crippen molar-refractivity contribution in [2.45, 2.75) is 12.5 Å². The number of aliphatic hydroxyl groups is 1. The number of anilines is 3. The first-order valence-corrected chi connectivity index (χ1v) is 6.63. The summed E-state index contributed by atoms with van der Waals surface area (Å²) in [5.41, 5.74) is 2.63. The van der Waals surface area contributed by atoms with Crippen LogP contribution in [0.25, 0.3) is 0 Å². The van der Waals surface area contributed by atoms with Crippen LogP contribution in [0.5, 0.6) is 0 Å². The molecule has 0 bridgehead atoms. The van der Waals surface area contributed by atoms with Gasteiger partial charge in [0.05, 0.1) is 30.4 Å². The molecule has 1 aliphatic rings. The minimum atomic E-state index is -0.577. The van der Waals surface area contributed by atoms with Crippen LogP contribution < -0.4 is 10.2 Å². The van der Waals surface area contributed by atoms with Gasteiger partial charge in [0.15, 0.2) is 0 Å². The van der Waals surface area contributed by atoms with E-state index in [-0.39, 0.29) is 12.3 Å². The number of nitrogens with zero attached hydrogens (tertiary/aromatic N) is 1. The Hall–Kier alpha value is -2.33. The molecule has 2 aromatic carbocycles. The molecule has 1 saturated heterocycles. The van der Waals surface area contributed by atoms with Gasteiger partial charge in [-0.1, -0.05) is 30.3 Å². The molecule has 1 aliphatic heterocycles. The number of aliphatic hydroxyl groups excluding tert-OH is 1. The second kappa shape index (κ2) is 5.35. The molecular formula is C16H16N2O2. The maximum absolute atomic E-state index is 11.9. The number of hydrogen-bond donors (Lipinski definition) is 2. The largest absolute Gasteiger partial charge is 0.391 e. The summed E-state index contributed by atoms with van der Waals surface area (Å²) in [5, 5.41) is 12.9. The summed E-state index contributed by atoms with van der Waals surface area (Å²) in [6.45, 7) is 0.353. The van der Waals surface area contributed by atoms with Crippen LogP contribution in [-0.2, 0) is 4.79 Å². The molecule has 1 amide bonds. The lowest BCUT2D eigenvalue weighted by atomic mass is 10.2. The van der Waals surface area contributed by atoms with Crippen molar-refractivity contribution in [2.24, 2.45) is 0 Å². The van der Waals surface area contributed by atoms with Gasteiger partial charge in [0.2, 0.25) is 5.91 Å². The van der Waals surface area contributed by atoms with Gasteiger partial charge in [0.25, 0.3) is 0 Å². The molecule has 3 rings (SSSR count). The smallest absolute Gasteiger partial charge is 0.229 e. The summed E-state index contributed by atoms with van der Waals surface area (Å²) >= 11 is 0. The number of β-amino-alcohol motifs (C(OH)–C–C–N with tert-alkyl or cyclic N) is 1. The summed E-state index contributed by atoms with van der Waals surface area (Å²) in [7, 11) is 0. The van der Waals surface area contributed by atoms with Crippen molar-refractivity contribution < 1.29 is 9.90 Å². The van der Waals surface area contributed by atoms with Crippen molar-refractivity contribution in [3.05, 3.63) is 54.6 Å². The number of benzene rings is 2. The lowest BCUT2D eigenvalue weighted by molar-refractivity contribution is -0.117. The Morgan fingerprint density at radius 1 is 1.05 bits per heavy atom. The molecule has 20 heavy (non-hydrogen) atoms. The Morgan fingerprint density at radius 2 is 1.75 bits per heavy atom. The highest BCUT2D eigenvalue weighted by Crippen LogP contribution is 2.31. The molecule has 1 fully saturated rings. The Labute approximate surface area is 117 Å². The topological polar surface area (TPSA) is 52.6 Å². The van der Waals surface area contributed by atoms with E-state index in [2.05, 4.69) is 5.32 Å². The van der Waals surface area contributed by atoms with E-state index in [4.69, 9.17) is 0 Å². The van der Waals surface area contributed by atoms with Crippen molar-refractivity contribution in [1.82, 2.24) is 0 Å². The summed E-state index contributed by atoms with van der Waals surface area (Å²) in [5.74, 6) is -0.0418. The zero-order valence-corrected chi connectivity index (χ0v) is 11.0. The zero-order chi connectivity index (χ0) is 13.9. The van der Waals surface area contributed by atoms with E-state index >= 15 is 0 Å². The van der Waals surface area contributed by atoms with Gasteiger partial charge < -0.3 is 15.3 Å². The third kappa shape index (κ3) is 2.51. The van der Waals surface area contributed by atoms with Crippen LogP contribution >= 0.6 is 0 Å². The number of carbonyl (C=O) groups excluding carboxylic acids is 1. The number of amides is 1. The Morgan fingerprint density at radius 3 is 2.45 bits per heavy atom. The van der Waals surface area contributed by atoms with E-state index in [9.17, 15) is 9.90 Å². The van der Waals surface area contributed by atoms with Crippen molar-refractivity contribution >= 4 is 23.0 Å². The first-order chi connectivity index (χ1) is 9.74. The van der Waals surface area contributed by atoms with Crippen LogP contribution in [0.2, 0.25) is 0 Å². The molecule has 0 saturated carbocycles. The predicted octanol–water partition coefficient (Wildman–Crippen LogP) is 2.53. The van der Waals surface area contributed by atoms with Gasteiger partial charge in [0.1, 0.15) is 0 Å². The average molecular weight is 268 g/mol. The van der Waals surface area contributed by atoms with E-state index in [1.54, 1.807) is 4.90 Å². The fourth-order valence-corrected chi connectivity index (χ4v) is 2.41. The van der Waals surface area contributed by atoms with Crippen LogP contribution in [0.3, 0.4) is 0 Å². The quantitative estimate of drug-likeness (QED) is 0.899. The van der Waals surface area contributed by atoms with Gasteiger partial charge in [-0.05, 0) is 24.3 Å². The Kier molecular flexibility index (Phi) is 3.39. The molecule has 1 unspecified atom stereocenters. The maximum atomic E-state index is 11.9. The number of para-hydroxylation sites is 3. The lowest BCUT2D eigenvalue weighted by Crippen LogP contribution is -2.25. The molecule has 0 aromatic heterocycles. The zero-order valence-electron chi connectivity index (χ0n) is 11.0. The van der Waals surface area contributed by atoms with Crippen molar-refractivity contribution in [3.8, 4) is 0 Å². The minimum Gasteiger partial charge on any atom is -0.391 e. The van der Waals surface area contributed by atoms with Crippen LogP contribution in [0.4, 0.5) is 17.1 Å². The first kappa shape index (κ1) is 12.7. The molecule has 4 heteroatoms. The fraction of sp³-hybridized carbons (Fsp3) is 0.188. The highest BCUT2D eigenvalue weighted by atomic mass is 16.3. The molecule has 0 aliphatic carbocycles. The van der Waals surface area contributed by atoms with E-state index < -0.39 is 6.10 Å². The first-order valence-electron chi connectivity index (χ1n) is 6.63. The number of carbonyl (C=O) groups is 1. The molecule has 2 N–H and O–H groups in total. The molecule has 2 aromatic rings. The molecule has 1 heterocycles. The standard InChI is InChI=1S/C16H16N2O2/c19-13-10-16(20)18(11-13)15-9-5-4-8-14(15)17-12-6-2-1-3-7-12/h1-9,13,17,19H,10-11H2. The molecular weight excluding hydrogens is 252 g/mol. The van der Waals surface area contributed by atoms with Crippen LogP contribution in [-0.4, -0.2) is 23.7 Å². The lowest BCUT2D eigenvalue weighted by Gasteiger charge is -2.20. The highest BCUT2D eigenvalue weighted by molar-refractivity contribution is 5.99. The second-order valence-electron chi connectivity index (χ2n) is 4.87. The van der Waals surface area contributed by atoms with E-state index in [1.165, 1.54) is 0 Å². The van der Waals surface area contributed by atoms with Crippen LogP contribution in [0.15, 0.2) is 54.6 Å². The number of rotatable bonds is 3.